The van der Waals surface area contributed by atoms with Gasteiger partial charge in [0.15, 0.2) is 0 Å². The molecule has 1 aliphatic heterocycles. The Bertz CT molecular complexity index is 487. The molecule has 0 radical (unpaired) electrons. The highest BCUT2D eigenvalue weighted by Crippen LogP contribution is 2.22. The van der Waals surface area contributed by atoms with Crippen LogP contribution in [0.15, 0.2) is 48.0 Å². The van der Waals surface area contributed by atoms with Crippen LogP contribution in [0.5, 0.6) is 0 Å². The van der Waals surface area contributed by atoms with Gasteiger partial charge in [-0.25, -0.2) is 9.18 Å². The Morgan fingerprint density at radius 3 is 2.58 bits per heavy atom. The average molecular weight is 265 g/mol. The molecule has 1 rings (SSSR count). The fraction of sp³-hybridized carbons (Fsp3) is 0.286. The van der Waals surface area contributed by atoms with E-state index in [9.17, 15) is 14.0 Å². The van der Waals surface area contributed by atoms with Gasteiger partial charge in [-0.15, -0.1) is 5.06 Å². The van der Waals surface area contributed by atoms with Gasteiger partial charge in [-0.3, -0.25) is 4.79 Å². The van der Waals surface area contributed by atoms with Crippen LogP contribution in [0.1, 0.15) is 26.7 Å². The average Bonchev–Trinajstić information content (AvgIpc) is 2.69. The predicted molar refractivity (Wildman–Crippen MR) is 69.1 cm³/mol. The summed E-state index contributed by atoms with van der Waals surface area (Å²) < 4.78 is 13.2. The largest absolute Gasteiger partial charge is 0.359 e. The molecule has 1 saturated heterocycles. The van der Waals surface area contributed by atoms with Crippen LogP contribution in [-0.2, 0) is 14.4 Å². The van der Waals surface area contributed by atoms with E-state index in [-0.39, 0.29) is 23.5 Å². The lowest BCUT2D eigenvalue weighted by Crippen LogP contribution is -2.27. The van der Waals surface area contributed by atoms with Crippen molar-refractivity contribution in [1.82, 2.24) is 5.06 Å². The highest BCUT2D eigenvalue weighted by atomic mass is 19.1. The van der Waals surface area contributed by atoms with E-state index in [0.29, 0.717) is 12.1 Å². The Labute approximate surface area is 111 Å². The van der Waals surface area contributed by atoms with Crippen LogP contribution in [0.4, 0.5) is 4.39 Å². The van der Waals surface area contributed by atoms with Crippen molar-refractivity contribution in [2.24, 2.45) is 0 Å². The normalized spacial score (nSPS) is 16.9. The number of amides is 1. The summed E-state index contributed by atoms with van der Waals surface area (Å²) in [4.78, 5) is 28.0. The summed E-state index contributed by atoms with van der Waals surface area (Å²) in [6.45, 7) is 10.1. The van der Waals surface area contributed by atoms with Gasteiger partial charge in [-0.2, -0.15) is 0 Å². The first-order valence-corrected chi connectivity index (χ1v) is 5.79. The summed E-state index contributed by atoms with van der Waals surface area (Å²) in [5.41, 5.74) is 0.655. The molecule has 0 aliphatic carbocycles. The molecular weight excluding hydrogens is 249 g/mol. The van der Waals surface area contributed by atoms with Gasteiger partial charge in [0.25, 0.3) is 5.91 Å². The summed E-state index contributed by atoms with van der Waals surface area (Å²) >= 11 is 0. The molecule has 19 heavy (non-hydrogen) atoms. The molecule has 1 heterocycles. The van der Waals surface area contributed by atoms with E-state index >= 15 is 0 Å². The lowest BCUT2D eigenvalue weighted by atomic mass is 10.1. The highest BCUT2D eigenvalue weighted by molar-refractivity contribution is 5.90. The standard InChI is InChI=1S/C14H16FNO3/c1-5-12(15)9(2)8-10(3)14(18)19-16-11(4)6-7-13(16)17/h5,8H,2,4,6-7H2,1,3H3/b10-8+,12-5+. The van der Waals surface area contributed by atoms with E-state index < -0.39 is 11.8 Å². The zero-order valence-corrected chi connectivity index (χ0v) is 11.0. The summed E-state index contributed by atoms with van der Waals surface area (Å²) in [6, 6.07) is 0. The second-order valence-corrected chi connectivity index (χ2v) is 4.12. The molecule has 102 valence electrons. The summed E-state index contributed by atoms with van der Waals surface area (Å²) in [6.07, 6.45) is 3.24. The smallest absolute Gasteiger partial charge is 0.328 e. The van der Waals surface area contributed by atoms with Crippen molar-refractivity contribution in [2.75, 3.05) is 0 Å². The molecule has 0 N–H and O–H groups in total. The third kappa shape index (κ3) is 3.64. The van der Waals surface area contributed by atoms with Crippen molar-refractivity contribution in [2.45, 2.75) is 26.7 Å². The van der Waals surface area contributed by atoms with Crippen molar-refractivity contribution < 1.29 is 18.8 Å². The van der Waals surface area contributed by atoms with E-state index in [0.717, 1.165) is 5.06 Å². The van der Waals surface area contributed by atoms with Crippen LogP contribution in [0, 0.1) is 0 Å². The zero-order chi connectivity index (χ0) is 14.6. The van der Waals surface area contributed by atoms with Gasteiger partial charge in [-0.05, 0) is 26.3 Å². The molecule has 0 aromatic heterocycles. The van der Waals surface area contributed by atoms with Gasteiger partial charge >= 0.3 is 5.97 Å². The molecule has 0 aromatic carbocycles. The molecule has 0 saturated carbocycles. The molecule has 4 nitrogen and oxygen atoms in total. The van der Waals surface area contributed by atoms with Gasteiger partial charge in [0, 0.05) is 17.6 Å². The van der Waals surface area contributed by atoms with Crippen LogP contribution in [0.3, 0.4) is 0 Å². The number of nitrogens with zero attached hydrogens (tertiary/aromatic N) is 1. The van der Waals surface area contributed by atoms with Crippen LogP contribution in [0.25, 0.3) is 0 Å². The molecule has 5 heteroatoms. The number of allylic oxidation sites excluding steroid dienone is 5. The first-order chi connectivity index (χ1) is 8.86. The second kappa shape index (κ2) is 6.13. The maximum Gasteiger partial charge on any atom is 0.359 e. The van der Waals surface area contributed by atoms with Crippen molar-refractivity contribution >= 4 is 11.9 Å². The van der Waals surface area contributed by atoms with Gasteiger partial charge in [0.1, 0.15) is 5.83 Å². The van der Waals surface area contributed by atoms with Crippen LogP contribution < -0.4 is 0 Å². The van der Waals surface area contributed by atoms with E-state index in [4.69, 9.17) is 4.84 Å². The predicted octanol–water partition coefficient (Wildman–Crippen LogP) is 2.96. The number of carbonyl (C=O) groups is 2. The summed E-state index contributed by atoms with van der Waals surface area (Å²) in [5.74, 6) is -1.57. The first kappa shape index (κ1) is 14.9. The van der Waals surface area contributed by atoms with E-state index in [1.165, 1.54) is 26.0 Å². The Morgan fingerprint density at radius 2 is 2.11 bits per heavy atom. The van der Waals surface area contributed by atoms with Gasteiger partial charge in [0.05, 0.1) is 5.70 Å². The quantitative estimate of drug-likeness (QED) is 0.580. The molecule has 1 fully saturated rings. The highest BCUT2D eigenvalue weighted by Gasteiger charge is 2.28. The monoisotopic (exact) mass is 265 g/mol. The number of hydroxylamine groups is 2. The molecule has 0 aromatic rings. The molecule has 0 bridgehead atoms. The summed E-state index contributed by atoms with van der Waals surface area (Å²) in [7, 11) is 0. The lowest BCUT2D eigenvalue weighted by Gasteiger charge is -2.15. The minimum absolute atomic E-state index is 0.0727. The minimum atomic E-state index is -0.735. The fourth-order valence-electron chi connectivity index (χ4n) is 1.48. The number of halogens is 1. The Hall–Kier alpha value is -2.17. The molecule has 1 aliphatic rings. The van der Waals surface area contributed by atoms with Gasteiger partial charge < -0.3 is 4.84 Å². The maximum absolute atomic E-state index is 13.2. The third-order valence-corrected chi connectivity index (χ3v) is 2.59. The van der Waals surface area contributed by atoms with Crippen molar-refractivity contribution in [1.29, 1.82) is 0 Å². The molecule has 0 spiro atoms. The van der Waals surface area contributed by atoms with E-state index in [1.807, 2.05) is 0 Å². The zero-order valence-electron chi connectivity index (χ0n) is 11.0. The Morgan fingerprint density at radius 1 is 1.47 bits per heavy atom. The van der Waals surface area contributed by atoms with Crippen LogP contribution in [0.2, 0.25) is 0 Å². The third-order valence-electron chi connectivity index (χ3n) is 2.59. The van der Waals surface area contributed by atoms with Crippen molar-refractivity contribution in [3.8, 4) is 0 Å². The molecule has 0 unspecified atom stereocenters. The number of carbonyl (C=O) groups excluding carboxylic acids is 2. The first-order valence-electron chi connectivity index (χ1n) is 5.79. The topological polar surface area (TPSA) is 46.6 Å². The molecular formula is C14H16FNO3. The van der Waals surface area contributed by atoms with Crippen molar-refractivity contribution in [3.05, 3.63) is 48.0 Å². The Kier molecular flexibility index (Phi) is 4.80. The van der Waals surface area contributed by atoms with Gasteiger partial charge in [0.2, 0.25) is 0 Å². The number of hydrogen-bond acceptors (Lipinski definition) is 3. The fourth-order valence-corrected chi connectivity index (χ4v) is 1.48. The Balaban J connectivity index is 2.73. The molecule has 1 amide bonds. The van der Waals surface area contributed by atoms with Crippen LogP contribution >= 0.6 is 0 Å². The second-order valence-electron chi connectivity index (χ2n) is 4.12. The molecule has 0 atom stereocenters. The lowest BCUT2D eigenvalue weighted by molar-refractivity contribution is -0.182. The maximum atomic E-state index is 13.2. The van der Waals surface area contributed by atoms with E-state index in [1.54, 1.807) is 0 Å². The van der Waals surface area contributed by atoms with Crippen LogP contribution in [-0.4, -0.2) is 16.9 Å². The van der Waals surface area contributed by atoms with Crippen molar-refractivity contribution in [3.63, 3.8) is 0 Å². The van der Waals surface area contributed by atoms with E-state index in [2.05, 4.69) is 13.2 Å². The summed E-state index contributed by atoms with van der Waals surface area (Å²) in [5, 5.41) is 0.883. The SMILES string of the molecule is C=C(/C=C(\C)C(=O)ON1C(=C)CCC1=O)/C(F)=C\C. The minimum Gasteiger partial charge on any atom is -0.328 e. The van der Waals surface area contributed by atoms with Gasteiger partial charge in [-0.1, -0.05) is 19.2 Å². The number of hydrogen-bond donors (Lipinski definition) is 0. The number of rotatable bonds is 4.